The third kappa shape index (κ3) is 4.42. The van der Waals surface area contributed by atoms with Gasteiger partial charge in [-0.05, 0) is 44.5 Å². The Kier molecular flexibility index (Phi) is 7.30. The van der Waals surface area contributed by atoms with Crippen LogP contribution in [0.5, 0.6) is 0 Å². The summed E-state index contributed by atoms with van der Waals surface area (Å²) in [4.78, 5) is 25.7. The number of benzene rings is 1. The predicted octanol–water partition coefficient (Wildman–Crippen LogP) is -0.541. The van der Waals surface area contributed by atoms with E-state index in [1.165, 1.54) is 0 Å². The van der Waals surface area contributed by atoms with E-state index in [0.717, 1.165) is 31.6 Å². The van der Waals surface area contributed by atoms with Gasteiger partial charge in [0.1, 0.15) is 0 Å². The molecule has 8 heteroatoms. The molecule has 0 aliphatic carbocycles. The largest absolute Gasteiger partial charge is 0.372 e. The second kappa shape index (κ2) is 8.98. The second-order valence-electron chi connectivity index (χ2n) is 4.75. The molecule has 0 saturated carbocycles. The van der Waals surface area contributed by atoms with Crippen molar-refractivity contribution in [2.24, 2.45) is 17.4 Å². The number of nitrogens with one attached hydrogen (secondary N) is 2. The fourth-order valence-electron chi connectivity index (χ4n) is 2.19. The summed E-state index contributed by atoms with van der Waals surface area (Å²) < 4.78 is 0. The van der Waals surface area contributed by atoms with Gasteiger partial charge in [-0.3, -0.25) is 20.4 Å². The van der Waals surface area contributed by atoms with E-state index in [1.54, 1.807) is 18.2 Å². The number of hydrogen-bond donors (Lipinski definition) is 5. The summed E-state index contributed by atoms with van der Waals surface area (Å²) in [5.41, 5.74) is 10.8. The zero-order chi connectivity index (χ0) is 16.5. The van der Waals surface area contributed by atoms with E-state index in [1.807, 2.05) is 17.8 Å². The topological polar surface area (TPSA) is 140 Å². The molecule has 1 rings (SSSR count). The van der Waals surface area contributed by atoms with Gasteiger partial charge < -0.3 is 10.6 Å². The van der Waals surface area contributed by atoms with E-state index in [2.05, 4.69) is 4.90 Å². The minimum atomic E-state index is -0.545. The minimum absolute atomic E-state index is 0.173. The highest BCUT2D eigenvalue weighted by Gasteiger charge is 2.18. The average molecular weight is 308 g/mol. The van der Waals surface area contributed by atoms with Crippen molar-refractivity contribution in [2.75, 3.05) is 24.5 Å². The highest BCUT2D eigenvalue weighted by atomic mass is 16.2. The number of hydrazine groups is 2. The van der Waals surface area contributed by atoms with Crippen LogP contribution in [0.3, 0.4) is 0 Å². The van der Waals surface area contributed by atoms with Crippen LogP contribution in [0.4, 0.5) is 5.69 Å². The number of amides is 2. The zero-order valence-electron chi connectivity index (χ0n) is 12.8. The number of nitrogens with two attached hydrogens (primary N) is 3. The summed E-state index contributed by atoms with van der Waals surface area (Å²) in [5, 5.41) is 0. The third-order valence-corrected chi connectivity index (χ3v) is 3.38. The van der Waals surface area contributed by atoms with Crippen LogP contribution in [0.25, 0.3) is 0 Å². The molecule has 0 bridgehead atoms. The van der Waals surface area contributed by atoms with Crippen molar-refractivity contribution in [3.05, 3.63) is 29.3 Å². The molecule has 0 saturated heterocycles. The zero-order valence-corrected chi connectivity index (χ0v) is 12.8. The third-order valence-electron chi connectivity index (χ3n) is 3.38. The van der Waals surface area contributed by atoms with Crippen LogP contribution in [-0.4, -0.2) is 31.4 Å². The normalized spacial score (nSPS) is 10.2. The molecular weight excluding hydrogens is 284 g/mol. The highest BCUT2D eigenvalue weighted by molar-refractivity contribution is 6.07. The smallest absolute Gasteiger partial charge is 0.266 e. The first-order valence-corrected chi connectivity index (χ1v) is 7.20. The van der Waals surface area contributed by atoms with E-state index >= 15 is 0 Å². The summed E-state index contributed by atoms with van der Waals surface area (Å²) >= 11 is 0. The van der Waals surface area contributed by atoms with E-state index in [9.17, 15) is 9.59 Å². The molecule has 0 radical (unpaired) electrons. The van der Waals surface area contributed by atoms with Gasteiger partial charge in [0.2, 0.25) is 0 Å². The standard InChI is InChI=1S/C14H24N6O2/c1-2-20(8-4-3-7-15)10-5-6-11(13(21)18-16)12(9-10)14(22)19-17/h5-6,9H,2-4,7-8,15-17H2,1H3,(H,18,21)(H,19,22). The lowest BCUT2D eigenvalue weighted by Gasteiger charge is -2.24. The molecule has 0 fully saturated rings. The Morgan fingerprint density at radius 3 is 2.27 bits per heavy atom. The van der Waals surface area contributed by atoms with Crippen LogP contribution < -0.4 is 33.2 Å². The van der Waals surface area contributed by atoms with Gasteiger partial charge in [-0.2, -0.15) is 0 Å². The molecule has 2 amide bonds. The van der Waals surface area contributed by atoms with E-state index < -0.39 is 11.8 Å². The molecule has 0 aromatic heterocycles. The molecule has 1 aromatic carbocycles. The summed E-state index contributed by atoms with van der Waals surface area (Å²) in [6.07, 6.45) is 1.88. The first-order chi connectivity index (χ1) is 10.6. The monoisotopic (exact) mass is 308 g/mol. The van der Waals surface area contributed by atoms with Gasteiger partial charge in [-0.1, -0.05) is 0 Å². The number of anilines is 1. The Morgan fingerprint density at radius 1 is 1.09 bits per heavy atom. The number of unbranched alkanes of at least 4 members (excludes halogenated alkanes) is 1. The van der Waals surface area contributed by atoms with Crippen LogP contribution in [0.2, 0.25) is 0 Å². The molecule has 0 aliphatic rings. The summed E-state index contributed by atoms with van der Waals surface area (Å²) in [7, 11) is 0. The Balaban J connectivity index is 3.11. The molecule has 1 aromatic rings. The van der Waals surface area contributed by atoms with Crippen LogP contribution in [0, 0.1) is 0 Å². The predicted molar refractivity (Wildman–Crippen MR) is 85.9 cm³/mol. The van der Waals surface area contributed by atoms with Gasteiger partial charge in [0.05, 0.1) is 11.1 Å². The molecular formula is C14H24N6O2. The van der Waals surface area contributed by atoms with Crippen LogP contribution >= 0.6 is 0 Å². The molecule has 122 valence electrons. The molecule has 22 heavy (non-hydrogen) atoms. The lowest BCUT2D eigenvalue weighted by atomic mass is 10.0. The van der Waals surface area contributed by atoms with E-state index in [-0.39, 0.29) is 11.1 Å². The maximum absolute atomic E-state index is 11.9. The number of hydrogen-bond acceptors (Lipinski definition) is 6. The van der Waals surface area contributed by atoms with Crippen molar-refractivity contribution >= 4 is 17.5 Å². The minimum Gasteiger partial charge on any atom is -0.372 e. The molecule has 0 unspecified atom stereocenters. The lowest BCUT2D eigenvalue weighted by Crippen LogP contribution is -2.35. The second-order valence-corrected chi connectivity index (χ2v) is 4.75. The van der Waals surface area contributed by atoms with Gasteiger partial charge >= 0.3 is 0 Å². The van der Waals surface area contributed by atoms with Crippen molar-refractivity contribution in [3.63, 3.8) is 0 Å². The van der Waals surface area contributed by atoms with Crippen LogP contribution in [-0.2, 0) is 0 Å². The van der Waals surface area contributed by atoms with E-state index in [0.29, 0.717) is 6.54 Å². The maximum Gasteiger partial charge on any atom is 0.266 e. The van der Waals surface area contributed by atoms with Gasteiger partial charge in [-0.25, -0.2) is 11.7 Å². The quantitative estimate of drug-likeness (QED) is 0.189. The van der Waals surface area contributed by atoms with Crippen molar-refractivity contribution in [1.82, 2.24) is 10.9 Å². The molecule has 8 nitrogen and oxygen atoms in total. The Labute approximate surface area is 129 Å². The SMILES string of the molecule is CCN(CCCCN)c1ccc(C(=O)NN)c(C(=O)NN)c1. The fourth-order valence-corrected chi connectivity index (χ4v) is 2.19. The Hall–Kier alpha value is -2.16. The van der Waals surface area contributed by atoms with Gasteiger partial charge in [0.15, 0.2) is 0 Å². The van der Waals surface area contributed by atoms with Crippen molar-refractivity contribution in [3.8, 4) is 0 Å². The van der Waals surface area contributed by atoms with Crippen molar-refractivity contribution < 1.29 is 9.59 Å². The van der Waals surface area contributed by atoms with Gasteiger partial charge in [-0.15, -0.1) is 0 Å². The summed E-state index contributed by atoms with van der Waals surface area (Å²) in [5.74, 6) is 9.23. The summed E-state index contributed by atoms with van der Waals surface area (Å²) in [6.45, 7) is 4.26. The Morgan fingerprint density at radius 2 is 1.73 bits per heavy atom. The molecule has 0 aliphatic heterocycles. The van der Waals surface area contributed by atoms with Crippen LogP contribution in [0.15, 0.2) is 18.2 Å². The highest BCUT2D eigenvalue weighted by Crippen LogP contribution is 2.20. The number of nitrogen functional groups attached to an aromatic ring is 2. The number of carbonyl (C=O) groups excluding carboxylic acids is 2. The van der Waals surface area contributed by atoms with Gasteiger partial charge in [0.25, 0.3) is 11.8 Å². The molecule has 0 atom stereocenters. The molecule has 8 N–H and O–H groups in total. The first kappa shape index (κ1) is 17.9. The molecule has 0 spiro atoms. The van der Waals surface area contributed by atoms with Crippen molar-refractivity contribution in [1.29, 1.82) is 0 Å². The van der Waals surface area contributed by atoms with Crippen molar-refractivity contribution in [2.45, 2.75) is 19.8 Å². The van der Waals surface area contributed by atoms with Crippen LogP contribution in [0.1, 0.15) is 40.5 Å². The number of nitrogens with zero attached hydrogens (tertiary/aromatic N) is 1. The van der Waals surface area contributed by atoms with Gasteiger partial charge in [0, 0.05) is 18.8 Å². The van der Waals surface area contributed by atoms with E-state index in [4.69, 9.17) is 17.4 Å². The average Bonchev–Trinajstić information content (AvgIpc) is 2.57. The summed E-state index contributed by atoms with van der Waals surface area (Å²) in [6, 6.07) is 4.98. The molecule has 0 heterocycles. The lowest BCUT2D eigenvalue weighted by molar-refractivity contribution is 0.0919. The fraction of sp³-hybridized carbons (Fsp3) is 0.429. The Bertz CT molecular complexity index is 520. The number of rotatable bonds is 8. The maximum atomic E-state index is 11.9. The first-order valence-electron chi connectivity index (χ1n) is 7.20. The number of carbonyl (C=O) groups is 2.